The van der Waals surface area contributed by atoms with E-state index in [1.165, 1.54) is 32.1 Å². The predicted molar refractivity (Wildman–Crippen MR) is 81.2 cm³/mol. The highest BCUT2D eigenvalue weighted by molar-refractivity contribution is 9.10. The number of nitrogens with zero attached hydrogens (tertiary/aromatic N) is 1. The molecule has 0 bridgehead atoms. The molecule has 18 heavy (non-hydrogen) atoms. The average Bonchev–Trinajstić information content (AvgIpc) is 2.38. The molecule has 0 aliphatic heterocycles. The monoisotopic (exact) mass is 330 g/mol. The molecular formula is C14H20BrClN2. The lowest BCUT2D eigenvalue weighted by Gasteiger charge is -2.28. The number of nitrogens with one attached hydrogen (secondary N) is 1. The Morgan fingerprint density at radius 1 is 1.33 bits per heavy atom. The Kier molecular flexibility index (Phi) is 5.31. The second kappa shape index (κ2) is 6.76. The SMILES string of the molecule is CCC1CCC(CNc2ncc(Cl)cc2Br)CC1. The van der Waals surface area contributed by atoms with Crippen molar-refractivity contribution in [3.8, 4) is 0 Å². The second-order valence-electron chi connectivity index (χ2n) is 5.16. The summed E-state index contributed by atoms with van der Waals surface area (Å²) >= 11 is 9.36. The predicted octanol–water partition coefficient (Wildman–Crippen LogP) is 5.13. The highest BCUT2D eigenvalue weighted by Gasteiger charge is 2.19. The lowest BCUT2D eigenvalue weighted by Crippen LogP contribution is -2.21. The maximum atomic E-state index is 5.88. The second-order valence-corrected chi connectivity index (χ2v) is 6.45. The van der Waals surface area contributed by atoms with Gasteiger partial charge in [-0.3, -0.25) is 0 Å². The first kappa shape index (κ1) is 14.1. The third-order valence-electron chi connectivity index (χ3n) is 3.91. The molecule has 1 saturated carbocycles. The summed E-state index contributed by atoms with van der Waals surface area (Å²) < 4.78 is 0.942. The number of aromatic nitrogens is 1. The maximum absolute atomic E-state index is 5.88. The molecule has 2 nitrogen and oxygen atoms in total. The van der Waals surface area contributed by atoms with Crippen molar-refractivity contribution in [2.24, 2.45) is 11.8 Å². The Balaban J connectivity index is 1.81. The van der Waals surface area contributed by atoms with Gasteiger partial charge in [0.2, 0.25) is 0 Å². The van der Waals surface area contributed by atoms with E-state index in [1.54, 1.807) is 6.20 Å². The summed E-state index contributed by atoms with van der Waals surface area (Å²) in [5, 5.41) is 4.09. The molecule has 0 radical (unpaired) electrons. The first-order valence-electron chi connectivity index (χ1n) is 6.74. The van der Waals surface area contributed by atoms with E-state index in [0.717, 1.165) is 28.7 Å². The van der Waals surface area contributed by atoms with E-state index >= 15 is 0 Å². The Morgan fingerprint density at radius 3 is 2.61 bits per heavy atom. The Labute approximate surface area is 123 Å². The van der Waals surface area contributed by atoms with E-state index in [1.807, 2.05) is 6.07 Å². The van der Waals surface area contributed by atoms with Gasteiger partial charge in [-0.25, -0.2) is 4.98 Å². The zero-order chi connectivity index (χ0) is 13.0. The molecule has 1 N–H and O–H groups in total. The zero-order valence-electron chi connectivity index (χ0n) is 10.8. The minimum absolute atomic E-state index is 0.663. The van der Waals surface area contributed by atoms with Gasteiger partial charge in [0, 0.05) is 12.7 Å². The summed E-state index contributed by atoms with van der Waals surface area (Å²) in [6.07, 6.45) is 8.48. The van der Waals surface area contributed by atoms with Crippen LogP contribution in [0.25, 0.3) is 0 Å². The molecule has 0 aromatic carbocycles. The van der Waals surface area contributed by atoms with Crippen molar-refractivity contribution in [3.63, 3.8) is 0 Å². The Morgan fingerprint density at radius 2 is 2.00 bits per heavy atom. The van der Waals surface area contributed by atoms with Crippen molar-refractivity contribution in [1.29, 1.82) is 0 Å². The Hall–Kier alpha value is -0.280. The number of halogens is 2. The van der Waals surface area contributed by atoms with Crippen LogP contribution in [0, 0.1) is 11.8 Å². The molecule has 4 heteroatoms. The van der Waals surface area contributed by atoms with Gasteiger partial charge < -0.3 is 5.32 Å². The van der Waals surface area contributed by atoms with E-state index < -0.39 is 0 Å². The normalized spacial score (nSPS) is 23.9. The molecule has 1 aromatic heterocycles. The van der Waals surface area contributed by atoms with Crippen LogP contribution >= 0.6 is 27.5 Å². The highest BCUT2D eigenvalue weighted by atomic mass is 79.9. The van der Waals surface area contributed by atoms with Gasteiger partial charge in [-0.2, -0.15) is 0 Å². The van der Waals surface area contributed by atoms with Crippen LogP contribution in [-0.2, 0) is 0 Å². The summed E-state index contributed by atoms with van der Waals surface area (Å²) in [5.74, 6) is 2.65. The molecule has 2 rings (SSSR count). The van der Waals surface area contributed by atoms with Gasteiger partial charge in [0.25, 0.3) is 0 Å². The minimum atomic E-state index is 0.663. The standard InChI is InChI=1S/C14H20BrClN2/c1-2-10-3-5-11(6-4-10)8-17-14-13(15)7-12(16)9-18-14/h7,9-11H,2-6,8H2,1H3,(H,17,18). The van der Waals surface area contributed by atoms with Gasteiger partial charge in [0.1, 0.15) is 5.82 Å². The van der Waals surface area contributed by atoms with Crippen LogP contribution in [0.2, 0.25) is 5.02 Å². The van der Waals surface area contributed by atoms with Crippen molar-refractivity contribution in [1.82, 2.24) is 4.98 Å². The number of hydrogen-bond acceptors (Lipinski definition) is 2. The van der Waals surface area contributed by atoms with Crippen molar-refractivity contribution in [2.45, 2.75) is 39.0 Å². The van der Waals surface area contributed by atoms with E-state index in [9.17, 15) is 0 Å². The summed E-state index contributed by atoms with van der Waals surface area (Å²) in [4.78, 5) is 4.30. The number of hydrogen-bond donors (Lipinski definition) is 1. The molecule has 1 aliphatic rings. The van der Waals surface area contributed by atoms with Crippen LogP contribution in [0.1, 0.15) is 39.0 Å². The fraction of sp³-hybridized carbons (Fsp3) is 0.643. The summed E-state index contributed by atoms with van der Waals surface area (Å²) in [6, 6.07) is 1.88. The van der Waals surface area contributed by atoms with Crippen LogP contribution in [-0.4, -0.2) is 11.5 Å². The van der Waals surface area contributed by atoms with E-state index in [-0.39, 0.29) is 0 Å². The molecule has 100 valence electrons. The molecular weight excluding hydrogens is 312 g/mol. The van der Waals surface area contributed by atoms with Gasteiger partial charge in [-0.15, -0.1) is 0 Å². The van der Waals surface area contributed by atoms with Gasteiger partial charge in [-0.1, -0.05) is 37.8 Å². The highest BCUT2D eigenvalue weighted by Crippen LogP contribution is 2.31. The van der Waals surface area contributed by atoms with Gasteiger partial charge in [-0.05, 0) is 46.7 Å². The fourth-order valence-electron chi connectivity index (χ4n) is 2.63. The summed E-state index contributed by atoms with van der Waals surface area (Å²) in [7, 11) is 0. The molecule has 0 amide bonds. The van der Waals surface area contributed by atoms with E-state index in [4.69, 9.17) is 11.6 Å². The Bertz CT molecular complexity index is 389. The lowest BCUT2D eigenvalue weighted by atomic mass is 9.81. The van der Waals surface area contributed by atoms with Crippen LogP contribution in [0.15, 0.2) is 16.7 Å². The quantitative estimate of drug-likeness (QED) is 0.827. The van der Waals surface area contributed by atoms with Crippen molar-refractivity contribution in [3.05, 3.63) is 21.8 Å². The minimum Gasteiger partial charge on any atom is -0.369 e. The molecule has 1 aliphatic carbocycles. The molecule has 0 unspecified atom stereocenters. The van der Waals surface area contributed by atoms with Crippen LogP contribution in [0.5, 0.6) is 0 Å². The van der Waals surface area contributed by atoms with E-state index in [0.29, 0.717) is 5.02 Å². The number of rotatable bonds is 4. The molecule has 0 atom stereocenters. The van der Waals surface area contributed by atoms with Crippen LogP contribution in [0.4, 0.5) is 5.82 Å². The molecule has 0 spiro atoms. The number of anilines is 1. The average molecular weight is 332 g/mol. The van der Waals surface area contributed by atoms with Crippen molar-refractivity contribution in [2.75, 3.05) is 11.9 Å². The van der Waals surface area contributed by atoms with Crippen LogP contribution in [0.3, 0.4) is 0 Å². The van der Waals surface area contributed by atoms with Gasteiger partial charge in [0.15, 0.2) is 0 Å². The molecule has 0 saturated heterocycles. The lowest BCUT2D eigenvalue weighted by molar-refractivity contribution is 0.278. The fourth-order valence-corrected chi connectivity index (χ4v) is 3.41. The van der Waals surface area contributed by atoms with Crippen molar-refractivity contribution < 1.29 is 0 Å². The topological polar surface area (TPSA) is 24.9 Å². The largest absolute Gasteiger partial charge is 0.369 e. The molecule has 1 aromatic rings. The van der Waals surface area contributed by atoms with Crippen molar-refractivity contribution >= 4 is 33.3 Å². The van der Waals surface area contributed by atoms with Crippen LogP contribution < -0.4 is 5.32 Å². The summed E-state index contributed by atoms with van der Waals surface area (Å²) in [5.41, 5.74) is 0. The third-order valence-corrected chi connectivity index (χ3v) is 4.72. The first-order chi connectivity index (χ1) is 8.69. The van der Waals surface area contributed by atoms with Gasteiger partial charge in [0.05, 0.1) is 9.50 Å². The summed E-state index contributed by atoms with van der Waals surface area (Å²) in [6.45, 7) is 3.32. The smallest absolute Gasteiger partial charge is 0.140 e. The molecule has 1 heterocycles. The molecule has 1 fully saturated rings. The first-order valence-corrected chi connectivity index (χ1v) is 7.91. The maximum Gasteiger partial charge on any atom is 0.140 e. The van der Waals surface area contributed by atoms with E-state index in [2.05, 4.69) is 33.2 Å². The third kappa shape index (κ3) is 3.86. The van der Waals surface area contributed by atoms with Gasteiger partial charge >= 0.3 is 0 Å². The zero-order valence-corrected chi connectivity index (χ0v) is 13.1. The number of pyridine rings is 1.